The molecule has 0 saturated carbocycles. The molecule has 7 heteroatoms. The highest BCUT2D eigenvalue weighted by Gasteiger charge is 2.35. The summed E-state index contributed by atoms with van der Waals surface area (Å²) in [4.78, 5) is 47.1. The Labute approximate surface area is 119 Å². The van der Waals surface area contributed by atoms with Crippen molar-refractivity contribution in [3.8, 4) is 0 Å². The Morgan fingerprint density at radius 2 is 2.14 bits per heavy atom. The van der Waals surface area contributed by atoms with E-state index < -0.39 is 29.6 Å². The molecule has 1 aromatic carbocycles. The Bertz CT molecular complexity index is 629. The van der Waals surface area contributed by atoms with Crippen molar-refractivity contribution in [3.05, 3.63) is 35.1 Å². The average molecular weight is 292 g/mol. The molecule has 1 aliphatic rings. The summed E-state index contributed by atoms with van der Waals surface area (Å²) >= 11 is 0. The molecule has 2 rings (SSSR count). The Morgan fingerprint density at radius 1 is 1.43 bits per heavy atom. The standard InChI is InChI=1S/C14H13FN2O4/c1-8-2-3-9(15)6-10(8)14(21)17(7-18)11-4-5-12(19)16-13(11)20/h2-3,6-7,11H,4-5H2,1H3,(H,16,19,20). The van der Waals surface area contributed by atoms with Crippen molar-refractivity contribution in [3.63, 3.8) is 0 Å². The maximum atomic E-state index is 13.3. The van der Waals surface area contributed by atoms with Crippen LogP contribution in [0, 0.1) is 12.7 Å². The fourth-order valence-electron chi connectivity index (χ4n) is 2.17. The molecule has 1 fully saturated rings. The van der Waals surface area contributed by atoms with E-state index in [0.717, 1.165) is 6.07 Å². The first kappa shape index (κ1) is 14.8. The summed E-state index contributed by atoms with van der Waals surface area (Å²) in [5.41, 5.74) is 0.493. The SMILES string of the molecule is Cc1ccc(F)cc1C(=O)N(C=O)C1CCC(=O)NC1=O. The molecule has 1 aliphatic heterocycles. The first-order chi connectivity index (χ1) is 9.93. The van der Waals surface area contributed by atoms with Gasteiger partial charge in [-0.05, 0) is 31.0 Å². The highest BCUT2D eigenvalue weighted by Crippen LogP contribution is 2.17. The van der Waals surface area contributed by atoms with Crippen LogP contribution in [0.1, 0.15) is 28.8 Å². The first-order valence-electron chi connectivity index (χ1n) is 6.32. The number of benzene rings is 1. The van der Waals surface area contributed by atoms with Crippen LogP contribution >= 0.6 is 0 Å². The van der Waals surface area contributed by atoms with Crippen molar-refractivity contribution in [2.45, 2.75) is 25.8 Å². The van der Waals surface area contributed by atoms with Crippen LogP contribution in [0.15, 0.2) is 18.2 Å². The predicted octanol–water partition coefficient (Wildman–Crippen LogP) is 0.538. The number of halogens is 1. The molecule has 0 aromatic heterocycles. The number of rotatable bonds is 3. The molecule has 6 nitrogen and oxygen atoms in total. The van der Waals surface area contributed by atoms with Gasteiger partial charge in [-0.25, -0.2) is 4.39 Å². The monoisotopic (exact) mass is 292 g/mol. The third kappa shape index (κ3) is 2.96. The normalized spacial score (nSPS) is 18.1. The van der Waals surface area contributed by atoms with Crippen molar-refractivity contribution < 1.29 is 23.6 Å². The molecule has 21 heavy (non-hydrogen) atoms. The molecule has 0 spiro atoms. The van der Waals surface area contributed by atoms with Gasteiger partial charge in [-0.1, -0.05) is 6.07 Å². The highest BCUT2D eigenvalue weighted by molar-refractivity contribution is 6.07. The third-order valence-corrected chi connectivity index (χ3v) is 3.32. The van der Waals surface area contributed by atoms with E-state index in [0.29, 0.717) is 10.5 Å². The highest BCUT2D eigenvalue weighted by atomic mass is 19.1. The molecule has 1 aromatic rings. The van der Waals surface area contributed by atoms with Crippen LogP contribution < -0.4 is 5.32 Å². The van der Waals surface area contributed by atoms with Crippen molar-refractivity contribution >= 4 is 24.1 Å². The van der Waals surface area contributed by atoms with Crippen LogP contribution in [0.4, 0.5) is 4.39 Å². The van der Waals surface area contributed by atoms with Gasteiger partial charge in [-0.2, -0.15) is 0 Å². The Morgan fingerprint density at radius 3 is 2.76 bits per heavy atom. The average Bonchev–Trinajstić information content (AvgIpc) is 2.44. The zero-order valence-electron chi connectivity index (χ0n) is 11.3. The van der Waals surface area contributed by atoms with Crippen LogP contribution in [0.25, 0.3) is 0 Å². The van der Waals surface area contributed by atoms with Crippen molar-refractivity contribution in [2.75, 3.05) is 0 Å². The maximum absolute atomic E-state index is 13.3. The van der Waals surface area contributed by atoms with Gasteiger partial charge in [0.2, 0.25) is 18.2 Å². The Balaban J connectivity index is 2.30. The molecule has 1 atom stereocenters. The number of aryl methyl sites for hydroxylation is 1. The van der Waals surface area contributed by atoms with Crippen molar-refractivity contribution in [2.24, 2.45) is 0 Å². The fourth-order valence-corrected chi connectivity index (χ4v) is 2.17. The molecular weight excluding hydrogens is 279 g/mol. The summed E-state index contributed by atoms with van der Waals surface area (Å²) in [7, 11) is 0. The lowest BCUT2D eigenvalue weighted by Gasteiger charge is -2.28. The minimum Gasteiger partial charge on any atom is -0.295 e. The van der Waals surface area contributed by atoms with Crippen LogP contribution in [-0.2, 0) is 14.4 Å². The van der Waals surface area contributed by atoms with Gasteiger partial charge in [0.05, 0.1) is 0 Å². The fraction of sp³-hybridized carbons (Fsp3) is 0.286. The second-order valence-corrected chi connectivity index (χ2v) is 4.74. The van der Waals surface area contributed by atoms with Crippen molar-refractivity contribution in [1.29, 1.82) is 0 Å². The Kier molecular flexibility index (Phi) is 4.11. The van der Waals surface area contributed by atoms with Gasteiger partial charge in [-0.3, -0.25) is 29.4 Å². The van der Waals surface area contributed by atoms with Crippen LogP contribution in [-0.4, -0.2) is 35.1 Å². The molecule has 1 saturated heterocycles. The predicted molar refractivity (Wildman–Crippen MR) is 69.5 cm³/mol. The van der Waals surface area contributed by atoms with E-state index in [1.54, 1.807) is 6.92 Å². The summed E-state index contributed by atoms with van der Waals surface area (Å²) in [6.45, 7) is 1.60. The number of nitrogens with zero attached hydrogens (tertiary/aromatic N) is 1. The van der Waals surface area contributed by atoms with E-state index in [-0.39, 0.29) is 24.8 Å². The zero-order chi connectivity index (χ0) is 15.6. The zero-order valence-corrected chi connectivity index (χ0v) is 11.3. The summed E-state index contributed by atoms with van der Waals surface area (Å²) in [5.74, 6) is -2.54. The van der Waals surface area contributed by atoms with Gasteiger partial charge >= 0.3 is 0 Å². The third-order valence-electron chi connectivity index (χ3n) is 3.32. The quantitative estimate of drug-likeness (QED) is 0.651. The summed E-state index contributed by atoms with van der Waals surface area (Å²) in [5, 5.41) is 2.07. The van der Waals surface area contributed by atoms with Gasteiger partial charge in [0, 0.05) is 12.0 Å². The molecule has 1 N–H and O–H groups in total. The lowest BCUT2D eigenvalue weighted by molar-refractivity contribution is -0.139. The largest absolute Gasteiger partial charge is 0.295 e. The van der Waals surface area contributed by atoms with E-state index in [2.05, 4.69) is 5.32 Å². The number of hydrogen-bond donors (Lipinski definition) is 1. The van der Waals surface area contributed by atoms with Gasteiger partial charge in [0.25, 0.3) is 5.91 Å². The van der Waals surface area contributed by atoms with Crippen LogP contribution in [0.2, 0.25) is 0 Å². The minimum atomic E-state index is -1.06. The lowest BCUT2D eigenvalue weighted by Crippen LogP contribution is -2.53. The summed E-state index contributed by atoms with van der Waals surface area (Å²) in [6.07, 6.45) is 0.326. The minimum absolute atomic E-state index is 0.00630. The van der Waals surface area contributed by atoms with E-state index >= 15 is 0 Å². The maximum Gasteiger partial charge on any atom is 0.261 e. The van der Waals surface area contributed by atoms with Gasteiger partial charge in [0.15, 0.2) is 0 Å². The van der Waals surface area contributed by atoms with Crippen LogP contribution in [0.3, 0.4) is 0 Å². The molecule has 110 valence electrons. The lowest BCUT2D eigenvalue weighted by atomic mass is 10.0. The summed E-state index contributed by atoms with van der Waals surface area (Å²) < 4.78 is 13.3. The molecule has 0 bridgehead atoms. The van der Waals surface area contributed by atoms with Crippen LogP contribution in [0.5, 0.6) is 0 Å². The van der Waals surface area contributed by atoms with E-state index in [4.69, 9.17) is 0 Å². The second-order valence-electron chi connectivity index (χ2n) is 4.74. The number of carbonyl (C=O) groups is 4. The topological polar surface area (TPSA) is 83.6 Å². The number of amides is 4. The number of piperidine rings is 1. The first-order valence-corrected chi connectivity index (χ1v) is 6.32. The molecule has 1 heterocycles. The van der Waals surface area contributed by atoms with E-state index in [1.807, 2.05) is 0 Å². The molecule has 4 amide bonds. The number of nitrogens with one attached hydrogen (secondary N) is 1. The molecular formula is C14H13FN2O4. The number of carbonyl (C=O) groups excluding carboxylic acids is 4. The number of hydrogen-bond acceptors (Lipinski definition) is 4. The Hall–Kier alpha value is -2.57. The van der Waals surface area contributed by atoms with E-state index in [1.165, 1.54) is 12.1 Å². The smallest absolute Gasteiger partial charge is 0.261 e. The number of imide groups is 2. The van der Waals surface area contributed by atoms with Gasteiger partial charge < -0.3 is 0 Å². The molecule has 0 radical (unpaired) electrons. The second kappa shape index (κ2) is 5.82. The van der Waals surface area contributed by atoms with Gasteiger partial charge in [-0.15, -0.1) is 0 Å². The molecule has 1 unspecified atom stereocenters. The summed E-state index contributed by atoms with van der Waals surface area (Å²) in [6, 6.07) is 2.56. The van der Waals surface area contributed by atoms with Crippen molar-refractivity contribution in [1.82, 2.24) is 10.2 Å². The molecule has 0 aliphatic carbocycles. The van der Waals surface area contributed by atoms with Gasteiger partial charge in [0.1, 0.15) is 11.9 Å². The van der Waals surface area contributed by atoms with E-state index in [9.17, 15) is 23.6 Å².